The van der Waals surface area contributed by atoms with Crippen LogP contribution in [-0.2, 0) is 4.79 Å². The van der Waals surface area contributed by atoms with Crippen molar-refractivity contribution in [3.8, 4) is 0 Å². The Kier molecular flexibility index (Phi) is 4.27. The molecular formula is C13H12F2N4O2. The quantitative estimate of drug-likeness (QED) is 0.909. The maximum atomic E-state index is 12.4. The molecule has 2 aromatic rings. The predicted octanol–water partition coefficient (Wildman–Crippen LogP) is 2.49. The summed E-state index contributed by atoms with van der Waals surface area (Å²) in [7, 11) is 0. The van der Waals surface area contributed by atoms with E-state index in [4.69, 9.17) is 0 Å². The van der Waals surface area contributed by atoms with Crippen LogP contribution in [0.4, 0.5) is 20.2 Å². The number of nitrogens with one attached hydrogen (secondary N) is 2. The Labute approximate surface area is 118 Å². The minimum atomic E-state index is -2.79. The summed E-state index contributed by atoms with van der Waals surface area (Å²) in [5, 5.41) is 8.56. The highest BCUT2D eigenvalue weighted by atomic mass is 19.3. The van der Waals surface area contributed by atoms with Gasteiger partial charge in [0, 0.05) is 24.5 Å². The fourth-order valence-corrected chi connectivity index (χ4v) is 1.60. The molecule has 8 heteroatoms. The molecular weight excluding hydrogens is 282 g/mol. The van der Waals surface area contributed by atoms with Crippen LogP contribution in [-0.4, -0.2) is 21.6 Å². The first-order valence-electron chi connectivity index (χ1n) is 5.98. The number of carbonyl (C=O) groups is 2. The Morgan fingerprint density at radius 1 is 1.10 bits per heavy atom. The van der Waals surface area contributed by atoms with Crippen molar-refractivity contribution in [1.82, 2.24) is 9.78 Å². The lowest BCUT2D eigenvalue weighted by molar-refractivity contribution is -0.114. The van der Waals surface area contributed by atoms with Gasteiger partial charge in [0.2, 0.25) is 5.91 Å². The van der Waals surface area contributed by atoms with E-state index in [2.05, 4.69) is 15.7 Å². The van der Waals surface area contributed by atoms with Crippen molar-refractivity contribution in [3.05, 3.63) is 42.2 Å². The molecule has 2 N–H and O–H groups in total. The van der Waals surface area contributed by atoms with E-state index in [0.29, 0.717) is 16.1 Å². The molecule has 0 saturated carbocycles. The summed E-state index contributed by atoms with van der Waals surface area (Å²) in [5.74, 6) is -0.800. The van der Waals surface area contributed by atoms with Crippen molar-refractivity contribution in [2.75, 3.05) is 10.6 Å². The van der Waals surface area contributed by atoms with Crippen molar-refractivity contribution in [2.24, 2.45) is 0 Å². The van der Waals surface area contributed by atoms with E-state index in [9.17, 15) is 18.4 Å². The number of anilines is 2. The van der Waals surface area contributed by atoms with Gasteiger partial charge in [0.05, 0.1) is 0 Å². The van der Waals surface area contributed by atoms with Crippen LogP contribution in [0.3, 0.4) is 0 Å². The first-order valence-corrected chi connectivity index (χ1v) is 5.98. The smallest absolute Gasteiger partial charge is 0.326 e. The lowest BCUT2D eigenvalue weighted by Crippen LogP contribution is -2.13. The van der Waals surface area contributed by atoms with Gasteiger partial charge in [-0.05, 0) is 30.3 Å². The summed E-state index contributed by atoms with van der Waals surface area (Å²) in [5.41, 5.74) is 0.935. The zero-order valence-electron chi connectivity index (χ0n) is 11.0. The number of alkyl halides is 2. The average Bonchev–Trinajstić information content (AvgIpc) is 2.90. The van der Waals surface area contributed by atoms with E-state index >= 15 is 0 Å². The number of halogens is 2. The highest BCUT2D eigenvalue weighted by Crippen LogP contribution is 2.15. The Morgan fingerprint density at radius 3 is 2.14 bits per heavy atom. The summed E-state index contributed by atoms with van der Waals surface area (Å²) in [6.07, 6.45) is 1.03. The number of carbonyl (C=O) groups excluding carboxylic acids is 2. The molecule has 0 fully saturated rings. The molecule has 1 aromatic heterocycles. The SMILES string of the molecule is CC(=O)Nc1ccc(NC(=O)c2ccn(C(F)F)n2)cc1. The third kappa shape index (κ3) is 3.85. The summed E-state index contributed by atoms with van der Waals surface area (Å²) in [4.78, 5) is 22.7. The van der Waals surface area contributed by atoms with Gasteiger partial charge in [0.1, 0.15) is 0 Å². The van der Waals surface area contributed by atoms with Gasteiger partial charge in [-0.25, -0.2) is 4.68 Å². The molecule has 0 unspecified atom stereocenters. The summed E-state index contributed by atoms with van der Waals surface area (Å²) in [6, 6.07) is 7.57. The van der Waals surface area contributed by atoms with Crippen LogP contribution in [0.1, 0.15) is 24.0 Å². The lowest BCUT2D eigenvalue weighted by Gasteiger charge is -2.05. The van der Waals surface area contributed by atoms with E-state index in [1.54, 1.807) is 24.3 Å². The van der Waals surface area contributed by atoms with Crippen LogP contribution in [0.15, 0.2) is 36.5 Å². The first kappa shape index (κ1) is 14.6. The summed E-state index contributed by atoms with van der Waals surface area (Å²) in [6.45, 7) is -1.40. The third-order valence-electron chi connectivity index (χ3n) is 2.50. The van der Waals surface area contributed by atoms with Crippen LogP contribution >= 0.6 is 0 Å². The number of hydrogen-bond donors (Lipinski definition) is 2. The van der Waals surface area contributed by atoms with Gasteiger partial charge < -0.3 is 10.6 Å². The van der Waals surface area contributed by atoms with Crippen LogP contribution in [0.2, 0.25) is 0 Å². The van der Waals surface area contributed by atoms with E-state index in [-0.39, 0.29) is 11.6 Å². The van der Waals surface area contributed by atoms with Crippen LogP contribution in [0.5, 0.6) is 0 Å². The molecule has 0 atom stereocenters. The molecule has 0 aliphatic rings. The molecule has 110 valence electrons. The van der Waals surface area contributed by atoms with Crippen molar-refractivity contribution < 1.29 is 18.4 Å². The minimum absolute atomic E-state index is 0.110. The van der Waals surface area contributed by atoms with Gasteiger partial charge in [-0.2, -0.15) is 13.9 Å². The molecule has 0 aliphatic heterocycles. The Morgan fingerprint density at radius 2 is 1.67 bits per heavy atom. The molecule has 1 aromatic carbocycles. The maximum Gasteiger partial charge on any atom is 0.333 e. The average molecular weight is 294 g/mol. The summed E-state index contributed by atoms with van der Waals surface area (Å²) < 4.78 is 25.1. The Hall–Kier alpha value is -2.77. The minimum Gasteiger partial charge on any atom is -0.326 e. The Balaban J connectivity index is 2.03. The number of aromatic nitrogens is 2. The fraction of sp³-hybridized carbons (Fsp3) is 0.154. The maximum absolute atomic E-state index is 12.4. The number of hydrogen-bond acceptors (Lipinski definition) is 3. The van der Waals surface area contributed by atoms with Gasteiger partial charge >= 0.3 is 6.55 Å². The zero-order valence-corrected chi connectivity index (χ0v) is 11.0. The second kappa shape index (κ2) is 6.12. The van der Waals surface area contributed by atoms with Crippen molar-refractivity contribution in [3.63, 3.8) is 0 Å². The van der Waals surface area contributed by atoms with Gasteiger partial charge in [0.15, 0.2) is 5.69 Å². The summed E-state index contributed by atoms with van der Waals surface area (Å²) >= 11 is 0. The zero-order chi connectivity index (χ0) is 15.4. The van der Waals surface area contributed by atoms with Crippen LogP contribution < -0.4 is 10.6 Å². The first-order chi connectivity index (χ1) is 9.95. The normalized spacial score (nSPS) is 10.5. The topological polar surface area (TPSA) is 76.0 Å². The van der Waals surface area contributed by atoms with Crippen molar-refractivity contribution in [2.45, 2.75) is 13.5 Å². The number of rotatable bonds is 4. The monoisotopic (exact) mass is 294 g/mol. The van der Waals surface area contributed by atoms with Gasteiger partial charge in [-0.15, -0.1) is 0 Å². The van der Waals surface area contributed by atoms with Gasteiger partial charge in [-0.3, -0.25) is 9.59 Å². The molecule has 0 aliphatic carbocycles. The van der Waals surface area contributed by atoms with E-state index in [1.807, 2.05) is 0 Å². The molecule has 0 radical (unpaired) electrons. The van der Waals surface area contributed by atoms with Gasteiger partial charge in [0.25, 0.3) is 5.91 Å². The van der Waals surface area contributed by atoms with Gasteiger partial charge in [-0.1, -0.05) is 0 Å². The number of amides is 2. The van der Waals surface area contributed by atoms with Crippen molar-refractivity contribution >= 4 is 23.2 Å². The largest absolute Gasteiger partial charge is 0.333 e. The molecule has 21 heavy (non-hydrogen) atoms. The van der Waals surface area contributed by atoms with Crippen LogP contribution in [0, 0.1) is 0 Å². The Bertz CT molecular complexity index is 652. The highest BCUT2D eigenvalue weighted by Gasteiger charge is 2.13. The van der Waals surface area contributed by atoms with E-state index < -0.39 is 12.5 Å². The fourth-order valence-electron chi connectivity index (χ4n) is 1.60. The second-order valence-corrected chi connectivity index (χ2v) is 4.17. The van der Waals surface area contributed by atoms with E-state index in [1.165, 1.54) is 13.0 Å². The molecule has 0 spiro atoms. The van der Waals surface area contributed by atoms with Crippen LogP contribution in [0.25, 0.3) is 0 Å². The van der Waals surface area contributed by atoms with E-state index in [0.717, 1.165) is 6.20 Å². The third-order valence-corrected chi connectivity index (χ3v) is 2.50. The lowest BCUT2D eigenvalue weighted by atomic mass is 10.2. The second-order valence-electron chi connectivity index (χ2n) is 4.17. The molecule has 2 amide bonds. The number of nitrogens with zero attached hydrogens (tertiary/aromatic N) is 2. The molecule has 0 saturated heterocycles. The predicted molar refractivity (Wildman–Crippen MR) is 72.2 cm³/mol. The molecule has 2 rings (SSSR count). The molecule has 1 heterocycles. The molecule has 0 bridgehead atoms. The van der Waals surface area contributed by atoms with Crippen molar-refractivity contribution in [1.29, 1.82) is 0 Å². The molecule has 6 nitrogen and oxygen atoms in total. The highest BCUT2D eigenvalue weighted by molar-refractivity contribution is 6.02. The standard InChI is InChI=1S/C13H12F2N4O2/c1-8(20)16-9-2-4-10(5-3-9)17-12(21)11-6-7-19(18-11)13(14)15/h2-7,13H,1H3,(H,16,20)(H,17,21). The number of benzene rings is 1.